The van der Waals surface area contributed by atoms with Gasteiger partial charge >= 0.3 is 6.09 Å². The van der Waals surface area contributed by atoms with Crippen LogP contribution in [0.5, 0.6) is 0 Å². The molecule has 3 aliphatic rings. The lowest BCUT2D eigenvalue weighted by Crippen LogP contribution is -2.53. The molecule has 1 aromatic heterocycles. The number of amides is 3. The van der Waals surface area contributed by atoms with Crippen LogP contribution in [-0.4, -0.2) is 76.1 Å². The number of likely N-dealkylation sites (tertiary alicyclic amines) is 1. The third-order valence-electron chi connectivity index (χ3n) is 7.74. The second kappa shape index (κ2) is 16.8. The molecule has 244 valence electrons. The Morgan fingerprint density at radius 2 is 1.89 bits per heavy atom. The zero-order valence-corrected chi connectivity index (χ0v) is 27.3. The molecule has 2 aliphatic carbocycles. The molecular formula is C32H49N5O6S. The van der Waals surface area contributed by atoms with Gasteiger partial charge in [-0.05, 0) is 97.7 Å². The predicted octanol–water partition coefficient (Wildman–Crippen LogP) is 3.86. The normalized spacial score (nSPS) is 23.6. The van der Waals surface area contributed by atoms with Crippen LogP contribution >= 0.6 is 11.9 Å². The number of carbonyl (C=O) groups excluding carboxylic acids is 4. The molecule has 3 amide bonds. The second-order valence-corrected chi connectivity index (χ2v) is 14.0. The third kappa shape index (κ3) is 12.1. The van der Waals surface area contributed by atoms with Gasteiger partial charge in [-0.1, -0.05) is 25.0 Å². The summed E-state index contributed by atoms with van der Waals surface area (Å²) in [6.45, 7) is 6.25. The first-order valence-electron chi connectivity index (χ1n) is 15.7. The fourth-order valence-electron chi connectivity index (χ4n) is 5.01. The predicted molar refractivity (Wildman–Crippen MR) is 172 cm³/mol. The molecule has 0 spiro atoms. The van der Waals surface area contributed by atoms with Crippen molar-refractivity contribution in [3.8, 4) is 0 Å². The quantitative estimate of drug-likeness (QED) is 0.105. The molecule has 4 N–H and O–H groups in total. The summed E-state index contributed by atoms with van der Waals surface area (Å²) in [4.78, 5) is 64.2. The number of aldehydes is 1. The van der Waals surface area contributed by atoms with Crippen molar-refractivity contribution in [2.24, 2.45) is 5.92 Å². The SMILES string of the molecule is CN1CCCC1C(=O)N[C@]1(C(=O)NSC2CC2)CC1/C=C\CCCCC[C@@H](C=O)NC(=O)OC(C)(C)C.O=c1cc[nH]cc1. The van der Waals surface area contributed by atoms with Crippen molar-refractivity contribution in [2.45, 2.75) is 113 Å². The summed E-state index contributed by atoms with van der Waals surface area (Å²) in [6.07, 6.45) is 16.3. The topological polar surface area (TPSA) is 150 Å². The summed E-state index contributed by atoms with van der Waals surface area (Å²) in [7, 11) is 1.96. The molecule has 1 aliphatic heterocycles. The van der Waals surface area contributed by atoms with E-state index < -0.39 is 23.3 Å². The van der Waals surface area contributed by atoms with E-state index in [2.05, 4.69) is 37.4 Å². The molecule has 44 heavy (non-hydrogen) atoms. The number of hydrogen-bond donors (Lipinski definition) is 4. The third-order valence-corrected chi connectivity index (χ3v) is 8.85. The van der Waals surface area contributed by atoms with Gasteiger partial charge in [-0.3, -0.25) is 24.0 Å². The Balaban J connectivity index is 0.000000662. The summed E-state index contributed by atoms with van der Waals surface area (Å²) >= 11 is 1.48. The number of nitrogens with zero attached hydrogens (tertiary/aromatic N) is 1. The van der Waals surface area contributed by atoms with Crippen LogP contribution in [0.4, 0.5) is 4.79 Å². The Morgan fingerprint density at radius 3 is 2.45 bits per heavy atom. The van der Waals surface area contributed by atoms with Crippen LogP contribution in [0.2, 0.25) is 0 Å². The van der Waals surface area contributed by atoms with Crippen molar-refractivity contribution < 1.29 is 23.9 Å². The Hall–Kier alpha value is -3.12. The first-order chi connectivity index (χ1) is 20.9. The van der Waals surface area contributed by atoms with Gasteiger partial charge in [0, 0.05) is 35.7 Å². The van der Waals surface area contributed by atoms with Crippen molar-refractivity contribution >= 4 is 36.1 Å². The average Bonchev–Trinajstić information content (AvgIpc) is 3.88. The molecule has 0 radical (unpaired) electrons. The molecule has 1 aromatic rings. The molecule has 2 unspecified atom stereocenters. The van der Waals surface area contributed by atoms with E-state index in [-0.39, 0.29) is 29.2 Å². The fraction of sp³-hybridized carbons (Fsp3) is 0.656. The number of rotatable bonds is 14. The molecule has 4 atom stereocenters. The second-order valence-electron chi connectivity index (χ2n) is 12.8. The summed E-state index contributed by atoms with van der Waals surface area (Å²) < 4.78 is 8.20. The summed E-state index contributed by atoms with van der Waals surface area (Å²) in [5.74, 6) is -0.141. The molecule has 3 fully saturated rings. The number of carbonyl (C=O) groups is 4. The van der Waals surface area contributed by atoms with E-state index in [1.165, 1.54) is 24.1 Å². The van der Waals surface area contributed by atoms with Crippen molar-refractivity contribution in [2.75, 3.05) is 13.6 Å². The molecule has 12 heteroatoms. The van der Waals surface area contributed by atoms with E-state index in [9.17, 15) is 24.0 Å². The van der Waals surface area contributed by atoms with Gasteiger partial charge in [-0.2, -0.15) is 0 Å². The van der Waals surface area contributed by atoms with Gasteiger partial charge in [-0.15, -0.1) is 0 Å². The van der Waals surface area contributed by atoms with Gasteiger partial charge in [0.05, 0.1) is 12.1 Å². The van der Waals surface area contributed by atoms with Crippen molar-refractivity contribution in [1.82, 2.24) is 25.2 Å². The minimum atomic E-state index is -0.844. The smallest absolute Gasteiger partial charge is 0.408 e. The largest absolute Gasteiger partial charge is 0.444 e. The Labute approximate surface area is 264 Å². The lowest BCUT2D eigenvalue weighted by molar-refractivity contribution is -0.131. The summed E-state index contributed by atoms with van der Waals surface area (Å²) in [5, 5.41) is 6.22. The number of allylic oxidation sites excluding steroid dienone is 1. The number of hydrogen-bond acceptors (Lipinski definition) is 8. The van der Waals surface area contributed by atoms with Gasteiger partial charge in [-0.25, -0.2) is 4.79 Å². The molecule has 2 saturated carbocycles. The molecule has 4 rings (SSSR count). The average molecular weight is 632 g/mol. The number of unbranched alkanes of at least 4 members (excludes halogenated alkanes) is 3. The molecule has 0 aromatic carbocycles. The number of alkyl carbamates (subject to hydrolysis) is 1. The minimum Gasteiger partial charge on any atom is -0.444 e. The van der Waals surface area contributed by atoms with Gasteiger partial charge in [0.25, 0.3) is 5.91 Å². The zero-order valence-electron chi connectivity index (χ0n) is 26.4. The number of aromatic amines is 1. The highest BCUT2D eigenvalue weighted by molar-refractivity contribution is 7.98. The van der Waals surface area contributed by atoms with Crippen LogP contribution in [0.25, 0.3) is 0 Å². The lowest BCUT2D eigenvalue weighted by atomic mass is 10.1. The number of H-pyrrole nitrogens is 1. The number of aromatic nitrogens is 1. The highest BCUT2D eigenvalue weighted by Crippen LogP contribution is 2.46. The molecular weight excluding hydrogens is 582 g/mol. The fourth-order valence-corrected chi connectivity index (χ4v) is 5.84. The Morgan fingerprint density at radius 1 is 1.16 bits per heavy atom. The maximum absolute atomic E-state index is 13.1. The van der Waals surface area contributed by atoms with Crippen LogP contribution in [0.1, 0.15) is 85.0 Å². The minimum absolute atomic E-state index is 0.000402. The monoisotopic (exact) mass is 631 g/mol. The van der Waals surface area contributed by atoms with Crippen molar-refractivity contribution in [3.63, 3.8) is 0 Å². The Kier molecular flexibility index (Phi) is 13.5. The number of pyridine rings is 1. The first kappa shape index (κ1) is 35.4. The van der Waals surface area contributed by atoms with E-state index in [0.717, 1.165) is 64.2 Å². The van der Waals surface area contributed by atoms with Gasteiger partial charge in [0.2, 0.25) is 5.91 Å². The van der Waals surface area contributed by atoms with E-state index in [0.29, 0.717) is 18.1 Å². The zero-order chi connectivity index (χ0) is 32.2. The van der Waals surface area contributed by atoms with Gasteiger partial charge < -0.3 is 25.1 Å². The van der Waals surface area contributed by atoms with Crippen LogP contribution < -0.4 is 20.8 Å². The summed E-state index contributed by atoms with van der Waals surface area (Å²) in [6, 6.07) is 2.23. The lowest BCUT2D eigenvalue weighted by Gasteiger charge is -2.24. The van der Waals surface area contributed by atoms with Crippen molar-refractivity contribution in [1.29, 1.82) is 0 Å². The van der Waals surface area contributed by atoms with Gasteiger partial charge in [0.1, 0.15) is 17.4 Å². The van der Waals surface area contributed by atoms with E-state index in [4.69, 9.17) is 4.74 Å². The molecule has 0 bridgehead atoms. The molecule has 1 saturated heterocycles. The van der Waals surface area contributed by atoms with Crippen molar-refractivity contribution in [3.05, 3.63) is 46.9 Å². The Bertz CT molecular complexity index is 1180. The van der Waals surface area contributed by atoms with Crippen LogP contribution in [0, 0.1) is 5.92 Å². The van der Waals surface area contributed by atoms with E-state index >= 15 is 0 Å². The van der Waals surface area contributed by atoms with E-state index in [1.807, 2.05) is 7.05 Å². The van der Waals surface area contributed by atoms with Crippen LogP contribution in [0.3, 0.4) is 0 Å². The van der Waals surface area contributed by atoms with Crippen LogP contribution in [0.15, 0.2) is 41.5 Å². The maximum Gasteiger partial charge on any atom is 0.408 e. The van der Waals surface area contributed by atoms with Crippen LogP contribution in [-0.2, 0) is 19.1 Å². The molecule has 11 nitrogen and oxygen atoms in total. The highest BCUT2D eigenvalue weighted by atomic mass is 32.2. The standard InChI is InChI=1S/C27H44N4O5S.C5H5NO/c1-26(2,3)36-25(35)28-20(18-32)12-9-7-5-6-8-11-19-17-27(19,24(34)30-37-21-14-15-21)29-23(33)22-13-10-16-31(22)4;7-5-1-3-6-4-2-5/h8,11,18-22H,5-7,9-10,12-17H2,1-4H3,(H,28,35)(H,29,33)(H,30,34);1-4H,(H,6,7)/b11-8-;/t19?,20-,22?,27+;/m0./s1. The highest BCUT2D eigenvalue weighted by Gasteiger charge is 2.60. The number of ether oxygens (including phenoxy) is 1. The van der Waals surface area contributed by atoms with E-state index in [1.54, 1.807) is 33.2 Å². The van der Waals surface area contributed by atoms with Gasteiger partial charge in [0.15, 0.2) is 5.43 Å². The first-order valence-corrected chi connectivity index (χ1v) is 16.5. The number of nitrogens with one attached hydrogen (secondary N) is 4. The summed E-state index contributed by atoms with van der Waals surface area (Å²) in [5.41, 5.74) is -1.41. The molecule has 2 heterocycles. The maximum atomic E-state index is 13.1. The number of likely N-dealkylation sites (N-methyl/N-ethyl adjacent to an activating group) is 1.